The second-order valence-electron chi connectivity index (χ2n) is 6.93. The van der Waals surface area contributed by atoms with Gasteiger partial charge < -0.3 is 5.32 Å². The Morgan fingerprint density at radius 1 is 1.23 bits per heavy atom. The van der Waals surface area contributed by atoms with Crippen molar-refractivity contribution in [2.24, 2.45) is 0 Å². The maximum absolute atomic E-state index is 12.6. The van der Waals surface area contributed by atoms with Crippen LogP contribution in [0.3, 0.4) is 0 Å². The molecule has 1 aliphatic heterocycles. The number of fused-ring (bicyclic) bond motifs is 1. The zero-order valence-electron chi connectivity index (χ0n) is 14.7. The fourth-order valence-corrected chi connectivity index (χ4v) is 5.41. The standard InChI is InChI=1S/C18H22N4O3S/c1-12-11-13(7-8-16(12)22-9-4-10-26(22,24)25)19-18(23)17-14-5-2-3-6-15(14)20-21-17/h7-8,11H,2-6,9-10H2,1H3,(H,19,23)(H,20,21). The summed E-state index contributed by atoms with van der Waals surface area (Å²) < 4.78 is 25.7. The average Bonchev–Trinajstić information content (AvgIpc) is 3.18. The van der Waals surface area contributed by atoms with Gasteiger partial charge in [0.25, 0.3) is 5.91 Å². The molecule has 7 nitrogen and oxygen atoms in total. The second-order valence-corrected chi connectivity index (χ2v) is 8.95. The maximum atomic E-state index is 12.6. The molecule has 138 valence electrons. The minimum Gasteiger partial charge on any atom is -0.321 e. The molecule has 0 saturated carbocycles. The van der Waals surface area contributed by atoms with Gasteiger partial charge in [-0.15, -0.1) is 0 Å². The molecule has 1 saturated heterocycles. The minimum atomic E-state index is -3.21. The van der Waals surface area contributed by atoms with Crippen LogP contribution < -0.4 is 9.62 Å². The molecule has 0 radical (unpaired) electrons. The summed E-state index contributed by atoms with van der Waals surface area (Å²) in [4.78, 5) is 12.6. The van der Waals surface area contributed by atoms with Crippen molar-refractivity contribution >= 4 is 27.3 Å². The monoisotopic (exact) mass is 374 g/mol. The van der Waals surface area contributed by atoms with E-state index < -0.39 is 10.0 Å². The van der Waals surface area contributed by atoms with E-state index in [0.717, 1.165) is 42.5 Å². The van der Waals surface area contributed by atoms with Crippen LogP contribution in [-0.4, -0.2) is 36.8 Å². The highest BCUT2D eigenvalue weighted by Gasteiger charge is 2.29. The van der Waals surface area contributed by atoms with Crippen LogP contribution in [0.4, 0.5) is 11.4 Å². The summed E-state index contributed by atoms with van der Waals surface area (Å²) in [6, 6.07) is 5.31. The molecule has 2 heterocycles. The van der Waals surface area contributed by atoms with Gasteiger partial charge in [0.2, 0.25) is 10.0 Å². The van der Waals surface area contributed by atoms with Crippen LogP contribution in [-0.2, 0) is 22.9 Å². The number of carbonyl (C=O) groups excluding carboxylic acids is 1. The van der Waals surface area contributed by atoms with Crippen LogP contribution >= 0.6 is 0 Å². The highest BCUT2D eigenvalue weighted by Crippen LogP contribution is 2.30. The third kappa shape index (κ3) is 2.98. The fourth-order valence-electron chi connectivity index (χ4n) is 3.78. The van der Waals surface area contributed by atoms with E-state index in [1.165, 1.54) is 4.31 Å². The Hall–Kier alpha value is -2.35. The lowest BCUT2D eigenvalue weighted by atomic mass is 9.96. The predicted molar refractivity (Wildman–Crippen MR) is 100 cm³/mol. The number of hydrogen-bond acceptors (Lipinski definition) is 4. The fraction of sp³-hybridized carbons (Fsp3) is 0.444. The normalized spacial score (nSPS) is 18.6. The smallest absolute Gasteiger partial charge is 0.276 e. The summed E-state index contributed by atoms with van der Waals surface area (Å²) in [6.45, 7) is 2.36. The maximum Gasteiger partial charge on any atom is 0.276 e. The van der Waals surface area contributed by atoms with Crippen LogP contribution in [0.1, 0.15) is 46.6 Å². The third-order valence-corrected chi connectivity index (χ3v) is 6.95. The van der Waals surface area contributed by atoms with Crippen molar-refractivity contribution in [3.8, 4) is 0 Å². The largest absolute Gasteiger partial charge is 0.321 e. The Labute approximate surface area is 152 Å². The number of rotatable bonds is 3. The molecule has 0 unspecified atom stereocenters. The molecular weight excluding hydrogens is 352 g/mol. The SMILES string of the molecule is Cc1cc(NC(=O)c2n[nH]c3c2CCCC3)ccc1N1CCCS1(=O)=O. The van der Waals surface area contributed by atoms with Gasteiger partial charge in [0.15, 0.2) is 5.69 Å². The lowest BCUT2D eigenvalue weighted by Crippen LogP contribution is -2.25. The zero-order chi connectivity index (χ0) is 18.3. The van der Waals surface area contributed by atoms with E-state index in [9.17, 15) is 13.2 Å². The van der Waals surface area contributed by atoms with Gasteiger partial charge in [0.05, 0.1) is 11.4 Å². The molecular formula is C18H22N4O3S. The van der Waals surface area contributed by atoms with E-state index in [4.69, 9.17) is 0 Å². The van der Waals surface area contributed by atoms with Crippen molar-refractivity contribution in [1.29, 1.82) is 0 Å². The zero-order valence-corrected chi connectivity index (χ0v) is 15.5. The molecule has 1 fully saturated rings. The second kappa shape index (κ2) is 6.42. The van der Waals surface area contributed by atoms with Crippen molar-refractivity contribution in [3.05, 3.63) is 40.7 Å². The molecule has 2 aliphatic rings. The first kappa shape index (κ1) is 17.1. The quantitative estimate of drug-likeness (QED) is 0.862. The van der Waals surface area contributed by atoms with Gasteiger partial charge in [-0.2, -0.15) is 5.10 Å². The lowest BCUT2D eigenvalue weighted by Gasteiger charge is -2.20. The van der Waals surface area contributed by atoms with Crippen LogP contribution in [0.15, 0.2) is 18.2 Å². The van der Waals surface area contributed by atoms with E-state index in [1.807, 2.05) is 6.92 Å². The Balaban J connectivity index is 1.55. The molecule has 8 heteroatoms. The lowest BCUT2D eigenvalue weighted by molar-refractivity contribution is 0.102. The van der Waals surface area contributed by atoms with Gasteiger partial charge in [0.1, 0.15) is 0 Å². The Kier molecular flexibility index (Phi) is 4.22. The van der Waals surface area contributed by atoms with Crippen LogP contribution in [0.2, 0.25) is 0 Å². The molecule has 1 aliphatic carbocycles. The number of aromatic nitrogens is 2. The van der Waals surface area contributed by atoms with Crippen molar-refractivity contribution in [1.82, 2.24) is 10.2 Å². The van der Waals surface area contributed by atoms with E-state index in [2.05, 4.69) is 15.5 Å². The van der Waals surface area contributed by atoms with Crippen LogP contribution in [0, 0.1) is 6.92 Å². The number of anilines is 2. The summed E-state index contributed by atoms with van der Waals surface area (Å²) >= 11 is 0. The van der Waals surface area contributed by atoms with Crippen LogP contribution in [0.25, 0.3) is 0 Å². The van der Waals surface area contributed by atoms with E-state index in [1.54, 1.807) is 18.2 Å². The number of sulfonamides is 1. The van der Waals surface area contributed by atoms with E-state index >= 15 is 0 Å². The topological polar surface area (TPSA) is 95.2 Å². The van der Waals surface area contributed by atoms with Crippen molar-refractivity contribution < 1.29 is 13.2 Å². The van der Waals surface area contributed by atoms with Gasteiger partial charge in [0, 0.05) is 23.5 Å². The van der Waals surface area contributed by atoms with Gasteiger partial charge in [-0.05, 0) is 62.8 Å². The first-order valence-corrected chi connectivity index (χ1v) is 10.6. The van der Waals surface area contributed by atoms with Gasteiger partial charge >= 0.3 is 0 Å². The Bertz CT molecular complexity index is 965. The highest BCUT2D eigenvalue weighted by atomic mass is 32.2. The molecule has 2 N–H and O–H groups in total. The Morgan fingerprint density at radius 2 is 2.04 bits per heavy atom. The number of carbonyl (C=O) groups is 1. The molecule has 26 heavy (non-hydrogen) atoms. The summed E-state index contributed by atoms with van der Waals surface area (Å²) in [5.41, 5.74) is 4.68. The van der Waals surface area contributed by atoms with Crippen LogP contribution in [0.5, 0.6) is 0 Å². The number of nitrogens with zero attached hydrogens (tertiary/aromatic N) is 2. The van der Waals surface area contributed by atoms with Crippen molar-refractivity contribution in [2.75, 3.05) is 21.9 Å². The number of hydrogen-bond donors (Lipinski definition) is 2. The van der Waals surface area contributed by atoms with Crippen molar-refractivity contribution in [2.45, 2.75) is 39.0 Å². The number of aromatic amines is 1. The summed E-state index contributed by atoms with van der Waals surface area (Å²) in [7, 11) is -3.21. The van der Waals surface area contributed by atoms with Crippen molar-refractivity contribution in [3.63, 3.8) is 0 Å². The summed E-state index contributed by atoms with van der Waals surface area (Å²) in [5.74, 6) is -0.0415. The first-order chi connectivity index (χ1) is 12.5. The predicted octanol–water partition coefficient (Wildman–Crippen LogP) is 2.39. The van der Waals surface area contributed by atoms with Gasteiger partial charge in [-0.3, -0.25) is 14.2 Å². The highest BCUT2D eigenvalue weighted by molar-refractivity contribution is 7.93. The summed E-state index contributed by atoms with van der Waals surface area (Å²) in [6.07, 6.45) is 4.65. The summed E-state index contributed by atoms with van der Waals surface area (Å²) in [5, 5.41) is 10.1. The van der Waals surface area contributed by atoms with E-state index in [-0.39, 0.29) is 11.7 Å². The number of amides is 1. The Morgan fingerprint density at radius 3 is 2.77 bits per heavy atom. The molecule has 1 amide bonds. The molecule has 1 aromatic heterocycles. The number of H-pyrrole nitrogens is 1. The first-order valence-electron chi connectivity index (χ1n) is 8.94. The number of benzene rings is 1. The molecule has 0 atom stereocenters. The number of aryl methyl sites for hydroxylation is 2. The van der Waals surface area contributed by atoms with Gasteiger partial charge in [-0.25, -0.2) is 8.42 Å². The van der Waals surface area contributed by atoms with Gasteiger partial charge in [-0.1, -0.05) is 0 Å². The third-order valence-electron chi connectivity index (χ3n) is 5.09. The molecule has 2 aromatic rings. The molecule has 0 spiro atoms. The number of nitrogens with one attached hydrogen (secondary N) is 2. The molecule has 0 bridgehead atoms. The van der Waals surface area contributed by atoms with E-state index in [0.29, 0.717) is 30.0 Å². The molecule has 4 rings (SSSR count). The average molecular weight is 374 g/mol. The minimum absolute atomic E-state index is 0.190. The molecule has 1 aromatic carbocycles.